The molecular weight excluding hydrogens is 277 g/mol. The molecule has 0 bridgehead atoms. The molecule has 1 rings (SSSR count). The summed E-state index contributed by atoms with van der Waals surface area (Å²) in [6, 6.07) is 0. The van der Waals surface area contributed by atoms with Gasteiger partial charge in [0, 0.05) is 6.54 Å². The molecule has 4 nitrogen and oxygen atoms in total. The van der Waals surface area contributed by atoms with Gasteiger partial charge in [0.25, 0.3) is 0 Å². The van der Waals surface area contributed by atoms with E-state index in [1.54, 1.807) is 0 Å². The van der Waals surface area contributed by atoms with E-state index in [1.807, 2.05) is 13.8 Å². The molecular formula is C11H19F3N4S. The quantitative estimate of drug-likeness (QED) is 0.800. The van der Waals surface area contributed by atoms with Crippen LogP contribution < -0.4 is 5.32 Å². The first-order valence-corrected chi connectivity index (χ1v) is 7.11. The van der Waals surface area contributed by atoms with E-state index >= 15 is 0 Å². The summed E-state index contributed by atoms with van der Waals surface area (Å²) in [6.45, 7) is 4.36. The number of hydrogen-bond acceptors (Lipinski definition) is 5. The molecule has 0 aromatic carbocycles. The Morgan fingerprint density at radius 1 is 1.21 bits per heavy atom. The second-order valence-corrected chi connectivity index (χ2v) is 5.32. The van der Waals surface area contributed by atoms with Gasteiger partial charge in [0.2, 0.25) is 5.13 Å². The van der Waals surface area contributed by atoms with Crippen molar-refractivity contribution in [3.63, 3.8) is 0 Å². The highest BCUT2D eigenvalue weighted by Gasteiger charge is 2.30. The van der Waals surface area contributed by atoms with Crippen molar-refractivity contribution in [3.8, 4) is 0 Å². The third-order valence-corrected chi connectivity index (χ3v) is 3.16. The first kappa shape index (κ1) is 16.2. The van der Waals surface area contributed by atoms with Crippen molar-refractivity contribution in [2.45, 2.75) is 39.4 Å². The molecule has 0 radical (unpaired) electrons. The summed E-state index contributed by atoms with van der Waals surface area (Å²) in [7, 11) is 0. The molecule has 0 fully saturated rings. The molecule has 0 amide bonds. The van der Waals surface area contributed by atoms with Crippen molar-refractivity contribution in [2.75, 3.05) is 25.0 Å². The second kappa shape index (κ2) is 7.64. The van der Waals surface area contributed by atoms with Gasteiger partial charge in [-0.2, -0.15) is 13.2 Å². The fourth-order valence-electron chi connectivity index (χ4n) is 1.60. The molecule has 0 spiro atoms. The number of hydrogen-bond donors (Lipinski definition) is 1. The van der Waals surface area contributed by atoms with E-state index in [4.69, 9.17) is 0 Å². The minimum absolute atomic E-state index is 0.193. The minimum Gasteiger partial charge on any atom is -0.360 e. The molecule has 19 heavy (non-hydrogen) atoms. The Kier molecular flexibility index (Phi) is 6.50. The van der Waals surface area contributed by atoms with Gasteiger partial charge >= 0.3 is 6.18 Å². The van der Waals surface area contributed by atoms with Crippen molar-refractivity contribution in [2.24, 2.45) is 0 Å². The molecule has 110 valence electrons. The van der Waals surface area contributed by atoms with Crippen molar-refractivity contribution in [1.82, 2.24) is 15.1 Å². The van der Waals surface area contributed by atoms with E-state index in [2.05, 4.69) is 15.5 Å². The average molecular weight is 296 g/mol. The molecule has 0 saturated heterocycles. The number of alkyl halides is 3. The fraction of sp³-hybridized carbons (Fsp3) is 0.818. The zero-order chi connectivity index (χ0) is 14.3. The normalized spacial score (nSPS) is 12.1. The molecule has 0 atom stereocenters. The maximum Gasteiger partial charge on any atom is 0.401 e. The lowest BCUT2D eigenvalue weighted by atomic mass is 10.4. The average Bonchev–Trinajstić information content (AvgIpc) is 2.72. The monoisotopic (exact) mass is 296 g/mol. The van der Waals surface area contributed by atoms with Gasteiger partial charge in [-0.1, -0.05) is 25.2 Å². The third-order valence-electron chi connectivity index (χ3n) is 2.29. The lowest BCUT2D eigenvalue weighted by molar-refractivity contribution is -0.147. The molecule has 0 unspecified atom stereocenters. The zero-order valence-corrected chi connectivity index (χ0v) is 11.9. The zero-order valence-electron chi connectivity index (χ0n) is 11.1. The SMILES string of the molecule is CCCNc1nnc(CN(CCC)CC(F)(F)F)s1. The van der Waals surface area contributed by atoms with E-state index in [0.29, 0.717) is 23.1 Å². The number of rotatable bonds is 8. The van der Waals surface area contributed by atoms with Crippen LogP contribution in [-0.2, 0) is 6.54 Å². The summed E-state index contributed by atoms with van der Waals surface area (Å²) in [5.74, 6) is 0. The maximum absolute atomic E-state index is 12.4. The summed E-state index contributed by atoms with van der Waals surface area (Å²) >= 11 is 1.31. The molecule has 0 saturated carbocycles. The van der Waals surface area contributed by atoms with Crippen LogP contribution in [-0.4, -0.2) is 40.9 Å². The van der Waals surface area contributed by atoms with E-state index in [0.717, 1.165) is 13.0 Å². The van der Waals surface area contributed by atoms with Gasteiger partial charge in [-0.05, 0) is 19.4 Å². The number of nitrogens with one attached hydrogen (secondary N) is 1. The van der Waals surface area contributed by atoms with Gasteiger partial charge < -0.3 is 5.32 Å². The highest BCUT2D eigenvalue weighted by molar-refractivity contribution is 7.15. The van der Waals surface area contributed by atoms with Crippen LogP contribution in [0.3, 0.4) is 0 Å². The lowest BCUT2D eigenvalue weighted by Crippen LogP contribution is -2.34. The minimum atomic E-state index is -4.18. The Morgan fingerprint density at radius 3 is 2.53 bits per heavy atom. The molecule has 0 aliphatic carbocycles. The van der Waals surface area contributed by atoms with Crippen LogP contribution >= 0.6 is 11.3 Å². The second-order valence-electron chi connectivity index (χ2n) is 4.25. The Labute approximate surface area is 115 Å². The Bertz CT molecular complexity index is 367. The number of aromatic nitrogens is 2. The Morgan fingerprint density at radius 2 is 1.95 bits per heavy atom. The maximum atomic E-state index is 12.4. The van der Waals surface area contributed by atoms with Gasteiger partial charge in [0.05, 0.1) is 13.1 Å². The molecule has 0 aliphatic rings. The molecule has 1 aromatic rings. The fourth-order valence-corrected chi connectivity index (χ4v) is 2.40. The van der Waals surface area contributed by atoms with Crippen LogP contribution in [0.5, 0.6) is 0 Å². The molecule has 1 aromatic heterocycles. The first-order valence-electron chi connectivity index (χ1n) is 6.30. The van der Waals surface area contributed by atoms with Crippen LogP contribution in [0.4, 0.5) is 18.3 Å². The summed E-state index contributed by atoms with van der Waals surface area (Å²) < 4.78 is 37.3. The van der Waals surface area contributed by atoms with Crippen molar-refractivity contribution in [1.29, 1.82) is 0 Å². The smallest absolute Gasteiger partial charge is 0.360 e. The molecule has 1 N–H and O–H groups in total. The van der Waals surface area contributed by atoms with Crippen LogP contribution in [0.15, 0.2) is 0 Å². The highest BCUT2D eigenvalue weighted by Crippen LogP contribution is 2.21. The Hall–Kier alpha value is -0.890. The van der Waals surface area contributed by atoms with E-state index in [1.165, 1.54) is 16.2 Å². The predicted octanol–water partition coefficient (Wildman–Crippen LogP) is 3.13. The molecule has 0 aliphatic heterocycles. The number of halogens is 3. The summed E-state index contributed by atoms with van der Waals surface area (Å²) in [6.07, 6.45) is -2.54. The van der Waals surface area contributed by atoms with Gasteiger partial charge in [-0.3, -0.25) is 4.90 Å². The predicted molar refractivity (Wildman–Crippen MR) is 70.3 cm³/mol. The van der Waals surface area contributed by atoms with Crippen LogP contribution in [0.1, 0.15) is 31.7 Å². The van der Waals surface area contributed by atoms with E-state index < -0.39 is 12.7 Å². The highest BCUT2D eigenvalue weighted by atomic mass is 32.1. The number of anilines is 1. The van der Waals surface area contributed by atoms with Crippen LogP contribution in [0.2, 0.25) is 0 Å². The summed E-state index contributed by atoms with van der Waals surface area (Å²) in [4.78, 5) is 1.35. The first-order chi connectivity index (χ1) is 8.94. The Balaban J connectivity index is 2.55. The van der Waals surface area contributed by atoms with E-state index in [9.17, 15) is 13.2 Å². The van der Waals surface area contributed by atoms with Crippen molar-refractivity contribution in [3.05, 3.63) is 5.01 Å². The third kappa shape index (κ3) is 6.72. The molecule has 1 heterocycles. The van der Waals surface area contributed by atoms with Gasteiger partial charge in [-0.25, -0.2) is 0 Å². The van der Waals surface area contributed by atoms with Crippen molar-refractivity contribution >= 4 is 16.5 Å². The van der Waals surface area contributed by atoms with Crippen molar-refractivity contribution < 1.29 is 13.2 Å². The van der Waals surface area contributed by atoms with E-state index in [-0.39, 0.29) is 6.54 Å². The van der Waals surface area contributed by atoms with Gasteiger partial charge in [0.15, 0.2) is 0 Å². The molecule has 8 heteroatoms. The van der Waals surface area contributed by atoms with Gasteiger partial charge in [-0.15, -0.1) is 10.2 Å². The summed E-state index contributed by atoms with van der Waals surface area (Å²) in [5, 5.41) is 12.2. The van der Waals surface area contributed by atoms with Gasteiger partial charge in [0.1, 0.15) is 5.01 Å². The standard InChI is InChI=1S/C11H19F3N4S/c1-3-5-15-10-17-16-9(19-10)7-18(6-4-2)8-11(12,13)14/h3-8H2,1-2H3,(H,15,17). The lowest BCUT2D eigenvalue weighted by Gasteiger charge is -2.21. The largest absolute Gasteiger partial charge is 0.401 e. The number of nitrogens with zero attached hydrogens (tertiary/aromatic N) is 3. The van der Waals surface area contributed by atoms with Crippen LogP contribution in [0, 0.1) is 0 Å². The van der Waals surface area contributed by atoms with Crippen LogP contribution in [0.25, 0.3) is 0 Å². The summed E-state index contributed by atoms with van der Waals surface area (Å²) in [5.41, 5.74) is 0. The topological polar surface area (TPSA) is 41.1 Å².